The fraction of sp³-hybridized carbons (Fsp3) is 0.143. The lowest BCUT2D eigenvalue weighted by atomic mass is 9.91. The first-order valence-electron chi connectivity index (χ1n) is 15.4. The molecular weight excluding hydrogens is 550 g/mol. The van der Waals surface area contributed by atoms with E-state index in [1.807, 2.05) is 0 Å². The fourth-order valence-electron chi connectivity index (χ4n) is 6.59. The maximum Gasteiger partial charge on any atom is 0.127 e. The highest BCUT2D eigenvalue weighted by atomic mass is 16.5. The first kappa shape index (κ1) is 28.5. The fourth-order valence-corrected chi connectivity index (χ4v) is 6.59. The Morgan fingerprint density at radius 1 is 0.422 bits per heavy atom. The molecule has 0 aliphatic carbocycles. The minimum atomic E-state index is -0.0572. The number of fused-ring (bicyclic) bond motifs is 3. The number of rotatable bonds is 6. The van der Waals surface area contributed by atoms with Crippen LogP contribution in [-0.4, -0.2) is 18.8 Å². The molecule has 7 aromatic rings. The normalized spacial score (nSPS) is 11.7. The summed E-state index contributed by atoms with van der Waals surface area (Å²) in [6.45, 7) is 6.78. The molecule has 0 fully saturated rings. The van der Waals surface area contributed by atoms with Crippen molar-refractivity contribution < 1.29 is 9.47 Å². The molecule has 222 valence electrons. The molecule has 1 aromatic heterocycles. The molecule has 3 heteroatoms. The van der Waals surface area contributed by atoms with E-state index in [0.29, 0.717) is 0 Å². The molecule has 0 spiro atoms. The number of benzene rings is 6. The molecule has 0 amide bonds. The minimum Gasteiger partial charge on any atom is -0.496 e. The van der Waals surface area contributed by atoms with Crippen LogP contribution in [0.4, 0.5) is 0 Å². The lowest BCUT2D eigenvalue weighted by Crippen LogP contribution is -2.21. The van der Waals surface area contributed by atoms with Crippen LogP contribution in [0.5, 0.6) is 11.5 Å². The molecule has 6 aromatic carbocycles. The third-order valence-corrected chi connectivity index (χ3v) is 8.63. The molecule has 0 aliphatic rings. The van der Waals surface area contributed by atoms with Gasteiger partial charge in [-0.3, -0.25) is 0 Å². The second-order valence-electron chi connectivity index (χ2n) is 12.5. The standard InChI is InChI=1S/C42H37NO2/c1-42(2,3)43-38-19-13-12-18-34(38)37-25-30(20-21-39(37)43)35-26-41(45-5)36(27-40(35)44-4)33-23-31(28-14-8-6-9-15-28)22-32(24-33)29-16-10-7-11-17-29/h6-27H,1-5H3. The van der Waals surface area contributed by atoms with Gasteiger partial charge >= 0.3 is 0 Å². The molecule has 0 atom stereocenters. The lowest BCUT2D eigenvalue weighted by molar-refractivity contribution is 0.406. The van der Waals surface area contributed by atoms with Gasteiger partial charge in [0.2, 0.25) is 0 Å². The molecule has 0 N–H and O–H groups in total. The molecular formula is C42H37NO2. The predicted octanol–water partition coefficient (Wildman–Crippen LogP) is 11.2. The van der Waals surface area contributed by atoms with Crippen molar-refractivity contribution in [2.24, 2.45) is 0 Å². The van der Waals surface area contributed by atoms with Crippen LogP contribution in [0.25, 0.3) is 66.3 Å². The van der Waals surface area contributed by atoms with Crippen molar-refractivity contribution in [3.63, 3.8) is 0 Å². The van der Waals surface area contributed by atoms with E-state index in [2.05, 4.69) is 159 Å². The van der Waals surface area contributed by atoms with E-state index in [-0.39, 0.29) is 5.54 Å². The highest BCUT2D eigenvalue weighted by molar-refractivity contribution is 6.09. The van der Waals surface area contributed by atoms with Gasteiger partial charge in [-0.2, -0.15) is 0 Å². The van der Waals surface area contributed by atoms with Crippen LogP contribution in [0.2, 0.25) is 0 Å². The van der Waals surface area contributed by atoms with Gasteiger partial charge in [-0.15, -0.1) is 0 Å². The largest absolute Gasteiger partial charge is 0.496 e. The minimum absolute atomic E-state index is 0.0572. The summed E-state index contributed by atoms with van der Waals surface area (Å²) < 4.78 is 14.6. The van der Waals surface area contributed by atoms with Gasteiger partial charge in [0.1, 0.15) is 11.5 Å². The van der Waals surface area contributed by atoms with Gasteiger partial charge in [-0.25, -0.2) is 0 Å². The third-order valence-electron chi connectivity index (χ3n) is 8.63. The van der Waals surface area contributed by atoms with E-state index in [0.717, 1.165) is 44.9 Å². The first-order chi connectivity index (χ1) is 21.9. The van der Waals surface area contributed by atoms with E-state index in [9.17, 15) is 0 Å². The molecule has 0 saturated carbocycles. The Balaban J connectivity index is 1.42. The summed E-state index contributed by atoms with van der Waals surface area (Å²) in [5.41, 5.74) is 11.2. The Bertz CT molecular complexity index is 2090. The van der Waals surface area contributed by atoms with E-state index in [1.54, 1.807) is 14.2 Å². The molecule has 3 nitrogen and oxygen atoms in total. The summed E-state index contributed by atoms with van der Waals surface area (Å²) in [7, 11) is 3.49. The second kappa shape index (κ2) is 11.3. The monoisotopic (exact) mass is 587 g/mol. The molecule has 0 saturated heterocycles. The van der Waals surface area contributed by atoms with Crippen molar-refractivity contribution >= 4 is 21.8 Å². The molecule has 0 radical (unpaired) electrons. The van der Waals surface area contributed by atoms with Crippen molar-refractivity contribution in [2.75, 3.05) is 14.2 Å². The third kappa shape index (κ3) is 5.15. The van der Waals surface area contributed by atoms with Crippen molar-refractivity contribution in [2.45, 2.75) is 26.3 Å². The van der Waals surface area contributed by atoms with Gasteiger partial charge < -0.3 is 14.0 Å². The summed E-state index contributed by atoms with van der Waals surface area (Å²) in [5.74, 6) is 1.60. The van der Waals surface area contributed by atoms with Gasteiger partial charge in [-0.1, -0.05) is 84.9 Å². The number of methoxy groups -OCH3 is 2. The molecule has 0 aliphatic heterocycles. The van der Waals surface area contributed by atoms with Crippen LogP contribution in [0, 0.1) is 0 Å². The number of hydrogen-bond acceptors (Lipinski definition) is 2. The topological polar surface area (TPSA) is 23.4 Å². The molecule has 45 heavy (non-hydrogen) atoms. The number of ether oxygens (including phenoxy) is 2. The summed E-state index contributed by atoms with van der Waals surface area (Å²) in [6.07, 6.45) is 0. The Morgan fingerprint density at radius 3 is 1.47 bits per heavy atom. The van der Waals surface area contributed by atoms with Crippen LogP contribution < -0.4 is 9.47 Å². The van der Waals surface area contributed by atoms with Gasteiger partial charge in [0.25, 0.3) is 0 Å². The zero-order chi connectivity index (χ0) is 31.1. The van der Waals surface area contributed by atoms with E-state index in [4.69, 9.17) is 9.47 Å². The number of aromatic nitrogens is 1. The smallest absolute Gasteiger partial charge is 0.127 e. The van der Waals surface area contributed by atoms with Crippen LogP contribution in [0.3, 0.4) is 0 Å². The summed E-state index contributed by atoms with van der Waals surface area (Å²) in [4.78, 5) is 0. The van der Waals surface area contributed by atoms with Crippen LogP contribution in [-0.2, 0) is 5.54 Å². The van der Waals surface area contributed by atoms with Gasteiger partial charge in [0, 0.05) is 38.5 Å². The van der Waals surface area contributed by atoms with E-state index in [1.165, 1.54) is 32.9 Å². The second-order valence-corrected chi connectivity index (χ2v) is 12.5. The summed E-state index contributed by atoms with van der Waals surface area (Å²) >= 11 is 0. The highest BCUT2D eigenvalue weighted by Gasteiger charge is 2.22. The average molecular weight is 588 g/mol. The van der Waals surface area contributed by atoms with Gasteiger partial charge in [-0.05, 0) is 103 Å². The van der Waals surface area contributed by atoms with Gasteiger partial charge in [0.15, 0.2) is 0 Å². The van der Waals surface area contributed by atoms with Crippen LogP contribution in [0.1, 0.15) is 20.8 Å². The van der Waals surface area contributed by atoms with Crippen molar-refractivity contribution in [1.82, 2.24) is 4.57 Å². The Hall–Kier alpha value is -5.28. The Kier molecular flexibility index (Phi) is 7.17. The van der Waals surface area contributed by atoms with E-state index >= 15 is 0 Å². The van der Waals surface area contributed by atoms with Crippen molar-refractivity contribution in [3.05, 3.63) is 133 Å². The van der Waals surface area contributed by atoms with Crippen LogP contribution in [0.15, 0.2) is 133 Å². The molecule has 0 unspecified atom stereocenters. The lowest BCUT2D eigenvalue weighted by Gasteiger charge is -2.24. The Morgan fingerprint density at radius 2 is 0.911 bits per heavy atom. The van der Waals surface area contributed by atoms with Crippen LogP contribution >= 0.6 is 0 Å². The summed E-state index contributed by atoms with van der Waals surface area (Å²) in [6, 6.07) is 47.4. The number of hydrogen-bond donors (Lipinski definition) is 0. The highest BCUT2D eigenvalue weighted by Crippen LogP contribution is 2.44. The van der Waals surface area contributed by atoms with Crippen molar-refractivity contribution in [3.8, 4) is 56.0 Å². The predicted molar refractivity (Wildman–Crippen MR) is 189 cm³/mol. The zero-order valence-electron chi connectivity index (χ0n) is 26.5. The SMILES string of the molecule is COc1cc(-c2ccc3c(c2)c2ccccc2n3C(C)(C)C)c(OC)cc1-c1cc(-c2ccccc2)cc(-c2ccccc2)c1. The number of para-hydroxylation sites is 1. The Labute approximate surface area is 265 Å². The average Bonchev–Trinajstić information content (AvgIpc) is 3.42. The first-order valence-corrected chi connectivity index (χ1v) is 15.4. The quantitative estimate of drug-likeness (QED) is 0.193. The maximum atomic E-state index is 6.10. The van der Waals surface area contributed by atoms with Crippen molar-refractivity contribution in [1.29, 1.82) is 0 Å². The number of nitrogens with zero attached hydrogens (tertiary/aromatic N) is 1. The molecule has 1 heterocycles. The maximum absolute atomic E-state index is 6.10. The van der Waals surface area contributed by atoms with Gasteiger partial charge in [0.05, 0.1) is 14.2 Å². The molecule has 7 rings (SSSR count). The summed E-state index contributed by atoms with van der Waals surface area (Å²) in [5, 5.41) is 2.48. The molecule has 0 bridgehead atoms. The van der Waals surface area contributed by atoms with E-state index < -0.39 is 0 Å². The zero-order valence-corrected chi connectivity index (χ0v) is 26.5.